The molecule has 0 atom stereocenters. The Morgan fingerprint density at radius 3 is 2.79 bits per heavy atom. The van der Waals surface area contributed by atoms with Gasteiger partial charge in [0.25, 0.3) is 0 Å². The number of esters is 1. The molecule has 0 fully saturated rings. The molecule has 0 spiro atoms. The molecular weight excluding hydrogens is 269 g/mol. The van der Waals surface area contributed by atoms with Crippen molar-refractivity contribution in [2.45, 2.75) is 0 Å². The standard InChI is InChI=1S/C9H5BrClNO2/c1-14-9(13)6-3-2-5(4-12)7(10)8(6)11/h2-3H,1H3. The summed E-state index contributed by atoms with van der Waals surface area (Å²) in [5, 5.41) is 8.87. The lowest BCUT2D eigenvalue weighted by molar-refractivity contribution is 0.0601. The van der Waals surface area contributed by atoms with Crippen LogP contribution >= 0.6 is 27.5 Å². The number of benzene rings is 1. The van der Waals surface area contributed by atoms with Crippen molar-refractivity contribution in [1.82, 2.24) is 0 Å². The number of nitrogens with zero attached hydrogens (tertiary/aromatic N) is 1. The Labute approximate surface area is 94.4 Å². The third kappa shape index (κ3) is 1.89. The summed E-state index contributed by atoms with van der Waals surface area (Å²) in [6, 6.07) is 4.89. The van der Waals surface area contributed by atoms with Crippen LogP contribution in [0.5, 0.6) is 0 Å². The van der Waals surface area contributed by atoms with Crippen LogP contribution in [0.25, 0.3) is 0 Å². The molecule has 1 aromatic rings. The van der Waals surface area contributed by atoms with E-state index < -0.39 is 5.97 Å². The number of ether oxygens (including phenoxy) is 1. The first-order chi connectivity index (χ1) is 6.61. The summed E-state index contributed by atoms with van der Waals surface area (Å²) in [7, 11) is 1.27. The minimum absolute atomic E-state index is 0.191. The van der Waals surface area contributed by atoms with Gasteiger partial charge in [0.15, 0.2) is 0 Å². The highest BCUT2D eigenvalue weighted by molar-refractivity contribution is 9.10. The molecule has 0 unspecified atom stereocenters. The molecule has 0 saturated heterocycles. The van der Waals surface area contributed by atoms with E-state index in [-0.39, 0.29) is 10.6 Å². The zero-order valence-electron chi connectivity index (χ0n) is 7.17. The number of hydrogen-bond donors (Lipinski definition) is 0. The fraction of sp³-hybridized carbons (Fsp3) is 0.111. The molecule has 3 nitrogen and oxygen atoms in total. The van der Waals surface area contributed by atoms with E-state index in [9.17, 15) is 4.79 Å². The highest BCUT2D eigenvalue weighted by atomic mass is 79.9. The second-order valence-corrected chi connectivity index (χ2v) is 3.56. The zero-order valence-corrected chi connectivity index (χ0v) is 9.52. The Morgan fingerprint density at radius 1 is 1.64 bits per heavy atom. The predicted octanol–water partition coefficient (Wildman–Crippen LogP) is 2.76. The Morgan fingerprint density at radius 2 is 2.29 bits per heavy atom. The molecule has 0 aliphatic heterocycles. The summed E-state index contributed by atoms with van der Waals surface area (Å²) in [5.74, 6) is -0.528. The van der Waals surface area contributed by atoms with Gasteiger partial charge in [-0.1, -0.05) is 11.6 Å². The molecule has 0 heterocycles. The Balaban J connectivity index is 3.33. The molecule has 1 aromatic carbocycles. The van der Waals surface area contributed by atoms with Gasteiger partial charge in [0.05, 0.1) is 27.7 Å². The lowest BCUT2D eigenvalue weighted by Gasteiger charge is -2.04. The number of nitriles is 1. The number of rotatable bonds is 1. The van der Waals surface area contributed by atoms with Crippen molar-refractivity contribution >= 4 is 33.5 Å². The molecule has 5 heteroatoms. The minimum Gasteiger partial charge on any atom is -0.465 e. The summed E-state index contributed by atoms with van der Waals surface area (Å²) in [6.07, 6.45) is 0. The van der Waals surface area contributed by atoms with Crippen molar-refractivity contribution in [1.29, 1.82) is 5.26 Å². The normalized spacial score (nSPS) is 9.29. The lowest BCUT2D eigenvalue weighted by atomic mass is 10.1. The maximum absolute atomic E-state index is 11.2. The first-order valence-corrected chi connectivity index (χ1v) is 4.75. The van der Waals surface area contributed by atoms with Crippen LogP contribution in [0.2, 0.25) is 5.02 Å². The van der Waals surface area contributed by atoms with Crippen LogP contribution in [-0.4, -0.2) is 13.1 Å². The van der Waals surface area contributed by atoms with Gasteiger partial charge in [-0.15, -0.1) is 0 Å². The Bertz CT molecular complexity index is 426. The molecule has 14 heavy (non-hydrogen) atoms. The number of hydrogen-bond acceptors (Lipinski definition) is 3. The van der Waals surface area contributed by atoms with Crippen molar-refractivity contribution in [3.8, 4) is 6.07 Å². The van der Waals surface area contributed by atoms with Crippen molar-refractivity contribution in [2.75, 3.05) is 7.11 Å². The number of carbonyl (C=O) groups excluding carboxylic acids is 1. The van der Waals surface area contributed by atoms with Gasteiger partial charge in [-0.3, -0.25) is 0 Å². The molecule has 0 aromatic heterocycles. The predicted molar refractivity (Wildman–Crippen MR) is 55.2 cm³/mol. The van der Waals surface area contributed by atoms with E-state index in [1.165, 1.54) is 19.2 Å². The van der Waals surface area contributed by atoms with Gasteiger partial charge in [0, 0.05) is 0 Å². The van der Waals surface area contributed by atoms with E-state index in [4.69, 9.17) is 16.9 Å². The maximum atomic E-state index is 11.2. The van der Waals surface area contributed by atoms with Gasteiger partial charge >= 0.3 is 5.97 Å². The number of halogens is 2. The molecular formula is C9H5BrClNO2. The average Bonchev–Trinajstić information content (AvgIpc) is 2.21. The van der Waals surface area contributed by atoms with Gasteiger partial charge in [-0.25, -0.2) is 4.79 Å². The monoisotopic (exact) mass is 273 g/mol. The lowest BCUT2D eigenvalue weighted by Crippen LogP contribution is -2.02. The maximum Gasteiger partial charge on any atom is 0.339 e. The van der Waals surface area contributed by atoms with Gasteiger partial charge in [-0.2, -0.15) is 5.26 Å². The number of methoxy groups -OCH3 is 1. The second-order valence-electron chi connectivity index (χ2n) is 2.39. The SMILES string of the molecule is COC(=O)c1ccc(C#N)c(Br)c1Cl. The molecule has 1 rings (SSSR count). The van der Waals surface area contributed by atoms with Crippen LogP contribution in [0.3, 0.4) is 0 Å². The van der Waals surface area contributed by atoms with Crippen molar-refractivity contribution < 1.29 is 9.53 Å². The Hall–Kier alpha value is -1.05. The molecule has 0 saturated carbocycles. The van der Waals surface area contributed by atoms with Crippen molar-refractivity contribution in [3.63, 3.8) is 0 Å². The second kappa shape index (κ2) is 4.45. The molecule has 0 aliphatic carbocycles. The molecule has 72 valence electrons. The average molecular weight is 275 g/mol. The van der Waals surface area contributed by atoms with Crippen LogP contribution < -0.4 is 0 Å². The molecule has 0 amide bonds. The third-order valence-electron chi connectivity index (χ3n) is 1.61. The van der Waals surface area contributed by atoms with Crippen LogP contribution in [0.1, 0.15) is 15.9 Å². The summed E-state index contributed by atoms with van der Waals surface area (Å²) < 4.78 is 4.93. The molecule has 0 N–H and O–H groups in total. The largest absolute Gasteiger partial charge is 0.465 e. The van der Waals surface area contributed by atoms with Gasteiger partial charge < -0.3 is 4.74 Å². The minimum atomic E-state index is -0.528. The Kier molecular flexibility index (Phi) is 3.50. The zero-order chi connectivity index (χ0) is 10.7. The summed E-state index contributed by atoms with van der Waals surface area (Å²) in [5.41, 5.74) is 0.614. The van der Waals surface area contributed by atoms with E-state index in [1.807, 2.05) is 6.07 Å². The van der Waals surface area contributed by atoms with Crippen LogP contribution in [0, 0.1) is 11.3 Å². The van der Waals surface area contributed by atoms with E-state index in [0.29, 0.717) is 10.0 Å². The molecule has 0 bridgehead atoms. The first-order valence-electron chi connectivity index (χ1n) is 3.58. The fourth-order valence-corrected chi connectivity index (χ4v) is 1.58. The van der Waals surface area contributed by atoms with Crippen LogP contribution in [0.15, 0.2) is 16.6 Å². The van der Waals surface area contributed by atoms with Gasteiger partial charge in [0.2, 0.25) is 0 Å². The summed E-state index contributed by atoms with van der Waals surface area (Å²) >= 11 is 8.98. The van der Waals surface area contributed by atoms with Crippen molar-refractivity contribution in [3.05, 3.63) is 32.8 Å². The van der Waals surface area contributed by atoms with Crippen LogP contribution in [-0.2, 0) is 4.74 Å². The smallest absolute Gasteiger partial charge is 0.339 e. The van der Waals surface area contributed by atoms with E-state index in [2.05, 4.69) is 20.7 Å². The molecule has 0 radical (unpaired) electrons. The third-order valence-corrected chi connectivity index (χ3v) is 3.05. The van der Waals surface area contributed by atoms with Gasteiger partial charge in [-0.05, 0) is 28.1 Å². The summed E-state index contributed by atoms with van der Waals surface area (Å²) in [6.45, 7) is 0. The highest BCUT2D eigenvalue weighted by Crippen LogP contribution is 2.29. The quantitative estimate of drug-likeness (QED) is 0.740. The van der Waals surface area contributed by atoms with Gasteiger partial charge in [0.1, 0.15) is 6.07 Å². The first kappa shape index (κ1) is 11.0. The van der Waals surface area contributed by atoms with E-state index >= 15 is 0 Å². The number of carbonyl (C=O) groups is 1. The van der Waals surface area contributed by atoms with Crippen LogP contribution in [0.4, 0.5) is 0 Å². The summed E-state index contributed by atoms with van der Waals surface area (Å²) in [4.78, 5) is 11.2. The highest BCUT2D eigenvalue weighted by Gasteiger charge is 2.15. The fourth-order valence-electron chi connectivity index (χ4n) is 0.903. The van der Waals surface area contributed by atoms with E-state index in [0.717, 1.165) is 0 Å². The van der Waals surface area contributed by atoms with Crippen molar-refractivity contribution in [2.24, 2.45) is 0 Å². The topological polar surface area (TPSA) is 50.1 Å². The molecule has 0 aliphatic rings. The van der Waals surface area contributed by atoms with E-state index in [1.54, 1.807) is 0 Å².